The number of hydrogen-bond acceptors (Lipinski definition) is 5. The van der Waals surface area contributed by atoms with Crippen molar-refractivity contribution in [3.63, 3.8) is 0 Å². The van der Waals surface area contributed by atoms with Crippen molar-refractivity contribution >= 4 is 17.6 Å². The number of aliphatic carboxylic acids is 1. The lowest BCUT2D eigenvalue weighted by molar-refractivity contribution is -0.385. The number of ether oxygens (including phenoxy) is 1. The lowest BCUT2D eigenvalue weighted by atomic mass is 10.0. The molecule has 148 valence electrons. The molecule has 0 radical (unpaired) electrons. The van der Waals surface area contributed by atoms with Gasteiger partial charge in [-0.25, -0.2) is 0 Å². The maximum atomic E-state index is 12.6. The molecule has 0 aromatic heterocycles. The lowest BCUT2D eigenvalue weighted by Crippen LogP contribution is -2.30. The van der Waals surface area contributed by atoms with Crippen LogP contribution in [0.25, 0.3) is 0 Å². The molecule has 0 spiro atoms. The third-order valence-corrected chi connectivity index (χ3v) is 4.11. The molecule has 8 heteroatoms. The summed E-state index contributed by atoms with van der Waals surface area (Å²) in [6.07, 6.45) is 0.539. The largest absolute Gasteiger partial charge is 0.494 e. The van der Waals surface area contributed by atoms with E-state index in [1.165, 1.54) is 18.2 Å². The molecule has 1 atom stereocenters. The number of benzene rings is 2. The molecule has 2 aromatic carbocycles. The number of nitro groups is 1. The molecule has 0 saturated heterocycles. The summed E-state index contributed by atoms with van der Waals surface area (Å²) in [6.45, 7) is 4.14. The van der Waals surface area contributed by atoms with Crippen molar-refractivity contribution in [1.29, 1.82) is 0 Å². The molecule has 0 aliphatic rings. The zero-order chi connectivity index (χ0) is 20.7. The summed E-state index contributed by atoms with van der Waals surface area (Å²) in [5.41, 5.74) is 0.961. The summed E-state index contributed by atoms with van der Waals surface area (Å²) in [4.78, 5) is 34.3. The van der Waals surface area contributed by atoms with Gasteiger partial charge in [-0.05, 0) is 37.1 Å². The van der Waals surface area contributed by atoms with E-state index >= 15 is 0 Å². The number of nitrogens with one attached hydrogen (secondary N) is 1. The van der Waals surface area contributed by atoms with Gasteiger partial charge in [-0.3, -0.25) is 19.7 Å². The van der Waals surface area contributed by atoms with Crippen molar-refractivity contribution < 1.29 is 24.4 Å². The van der Waals surface area contributed by atoms with Gasteiger partial charge in [-0.1, -0.05) is 25.1 Å². The van der Waals surface area contributed by atoms with E-state index in [9.17, 15) is 24.8 Å². The predicted molar refractivity (Wildman–Crippen MR) is 103 cm³/mol. The summed E-state index contributed by atoms with van der Waals surface area (Å²) in [6, 6.07) is 10.2. The average Bonchev–Trinajstić information content (AvgIpc) is 2.66. The molecule has 0 aliphatic carbocycles. The number of carbonyl (C=O) groups excluding carboxylic acids is 1. The Bertz CT molecular complexity index is 863. The highest BCUT2D eigenvalue weighted by Crippen LogP contribution is 2.23. The summed E-state index contributed by atoms with van der Waals surface area (Å²) in [7, 11) is 0. The van der Waals surface area contributed by atoms with Gasteiger partial charge in [0.05, 0.1) is 24.0 Å². The Hall–Kier alpha value is -3.42. The summed E-state index contributed by atoms with van der Waals surface area (Å²) < 4.78 is 5.50. The second kappa shape index (κ2) is 9.50. The van der Waals surface area contributed by atoms with Gasteiger partial charge >= 0.3 is 5.97 Å². The van der Waals surface area contributed by atoms with Crippen LogP contribution in [-0.2, 0) is 4.79 Å². The van der Waals surface area contributed by atoms with Crippen LogP contribution in [0, 0.1) is 17.0 Å². The highest BCUT2D eigenvalue weighted by Gasteiger charge is 2.21. The molecule has 0 aliphatic heterocycles. The van der Waals surface area contributed by atoms with Crippen molar-refractivity contribution in [2.75, 3.05) is 6.61 Å². The normalized spacial score (nSPS) is 11.5. The van der Waals surface area contributed by atoms with E-state index in [1.807, 2.05) is 6.92 Å². The Labute approximate surface area is 162 Å². The number of hydrogen-bond donors (Lipinski definition) is 2. The van der Waals surface area contributed by atoms with E-state index in [4.69, 9.17) is 4.74 Å². The quantitative estimate of drug-likeness (QED) is 0.502. The van der Waals surface area contributed by atoms with Crippen LogP contribution in [0.15, 0.2) is 42.5 Å². The Balaban J connectivity index is 2.22. The Morgan fingerprint density at radius 3 is 2.46 bits per heavy atom. The molecule has 0 fully saturated rings. The molecular weight excluding hydrogens is 364 g/mol. The summed E-state index contributed by atoms with van der Waals surface area (Å²) >= 11 is 0. The predicted octanol–water partition coefficient (Wildman–Crippen LogP) is 3.64. The third kappa shape index (κ3) is 5.54. The molecule has 2 N–H and O–H groups in total. The molecule has 28 heavy (non-hydrogen) atoms. The van der Waals surface area contributed by atoms with Gasteiger partial charge in [0, 0.05) is 17.2 Å². The summed E-state index contributed by atoms with van der Waals surface area (Å²) in [5.74, 6) is -1.01. The number of nitro benzene ring substituents is 1. The van der Waals surface area contributed by atoms with E-state index in [0.717, 1.165) is 6.42 Å². The van der Waals surface area contributed by atoms with Crippen LogP contribution in [0.5, 0.6) is 5.75 Å². The van der Waals surface area contributed by atoms with Gasteiger partial charge in [0.1, 0.15) is 5.75 Å². The molecule has 1 unspecified atom stereocenters. The molecule has 2 rings (SSSR count). The van der Waals surface area contributed by atoms with Crippen LogP contribution in [0.3, 0.4) is 0 Å². The smallest absolute Gasteiger partial charge is 0.305 e. The third-order valence-electron chi connectivity index (χ3n) is 4.11. The SMILES string of the molecule is CCCOc1ccc(C(CC(=O)O)NC(=O)c2ccc(C)c([N+](=O)[O-])c2)cc1. The van der Waals surface area contributed by atoms with Crippen molar-refractivity contribution in [2.45, 2.75) is 32.7 Å². The van der Waals surface area contributed by atoms with Gasteiger partial charge in [0.25, 0.3) is 11.6 Å². The van der Waals surface area contributed by atoms with Crippen LogP contribution >= 0.6 is 0 Å². The first-order chi connectivity index (χ1) is 13.3. The topological polar surface area (TPSA) is 119 Å². The Morgan fingerprint density at radius 2 is 1.89 bits per heavy atom. The number of rotatable bonds is 9. The van der Waals surface area contributed by atoms with Crippen molar-refractivity contribution in [3.05, 3.63) is 69.3 Å². The van der Waals surface area contributed by atoms with E-state index < -0.39 is 22.8 Å². The lowest BCUT2D eigenvalue weighted by Gasteiger charge is -2.18. The minimum atomic E-state index is -1.08. The van der Waals surface area contributed by atoms with Crippen molar-refractivity contribution in [3.8, 4) is 5.75 Å². The minimum Gasteiger partial charge on any atom is -0.494 e. The van der Waals surface area contributed by atoms with Gasteiger partial charge in [0.2, 0.25) is 0 Å². The molecule has 8 nitrogen and oxygen atoms in total. The van der Waals surface area contributed by atoms with E-state index in [2.05, 4.69) is 5.32 Å². The number of carboxylic acid groups (broad SMARTS) is 1. The Kier molecular flexibility index (Phi) is 7.08. The van der Waals surface area contributed by atoms with Gasteiger partial charge in [-0.2, -0.15) is 0 Å². The minimum absolute atomic E-state index is 0.0931. The number of aryl methyl sites for hydroxylation is 1. The van der Waals surface area contributed by atoms with E-state index in [-0.39, 0.29) is 17.7 Å². The van der Waals surface area contributed by atoms with E-state index in [1.54, 1.807) is 31.2 Å². The van der Waals surface area contributed by atoms with Crippen molar-refractivity contribution in [2.24, 2.45) is 0 Å². The monoisotopic (exact) mass is 386 g/mol. The van der Waals surface area contributed by atoms with Crippen molar-refractivity contribution in [1.82, 2.24) is 5.32 Å². The second-order valence-electron chi connectivity index (χ2n) is 6.30. The van der Waals surface area contributed by atoms with Gasteiger partial charge in [0.15, 0.2) is 0 Å². The zero-order valence-electron chi connectivity index (χ0n) is 15.7. The van der Waals surface area contributed by atoms with Crippen LogP contribution in [0.4, 0.5) is 5.69 Å². The zero-order valence-corrected chi connectivity index (χ0v) is 15.7. The average molecular weight is 386 g/mol. The molecule has 2 aromatic rings. The fraction of sp³-hybridized carbons (Fsp3) is 0.300. The number of nitrogens with zero attached hydrogens (tertiary/aromatic N) is 1. The molecule has 0 heterocycles. The molecule has 1 amide bonds. The first-order valence-corrected chi connectivity index (χ1v) is 8.82. The maximum absolute atomic E-state index is 12.6. The van der Waals surface area contributed by atoms with Gasteiger partial charge in [-0.15, -0.1) is 0 Å². The summed E-state index contributed by atoms with van der Waals surface area (Å²) in [5, 5.41) is 22.9. The van der Waals surface area contributed by atoms with Gasteiger partial charge < -0.3 is 15.2 Å². The standard InChI is InChI=1S/C20H22N2O6/c1-3-10-28-16-8-6-14(7-9-16)17(12-19(23)24)21-20(25)15-5-4-13(2)18(11-15)22(26)27/h4-9,11,17H,3,10,12H2,1-2H3,(H,21,25)(H,23,24). The number of carboxylic acids is 1. The molecule has 0 bridgehead atoms. The van der Waals surface area contributed by atoms with Crippen LogP contribution in [0.1, 0.15) is 47.3 Å². The molecular formula is C20H22N2O6. The highest BCUT2D eigenvalue weighted by molar-refractivity contribution is 5.95. The highest BCUT2D eigenvalue weighted by atomic mass is 16.6. The molecule has 0 saturated carbocycles. The maximum Gasteiger partial charge on any atom is 0.305 e. The fourth-order valence-electron chi connectivity index (χ4n) is 2.63. The Morgan fingerprint density at radius 1 is 1.21 bits per heavy atom. The van der Waals surface area contributed by atoms with Crippen LogP contribution < -0.4 is 10.1 Å². The number of amides is 1. The van der Waals surface area contributed by atoms with E-state index in [0.29, 0.717) is 23.5 Å². The second-order valence-corrected chi connectivity index (χ2v) is 6.30. The first-order valence-electron chi connectivity index (χ1n) is 8.82. The fourth-order valence-corrected chi connectivity index (χ4v) is 2.63. The number of carbonyl (C=O) groups is 2. The van der Waals surface area contributed by atoms with Crippen LogP contribution in [0.2, 0.25) is 0 Å². The first kappa shape index (κ1) is 20.9. The van der Waals surface area contributed by atoms with Crippen LogP contribution in [-0.4, -0.2) is 28.5 Å².